The molecule has 1 aliphatic rings. The number of carbonyl (C=O) groups is 1. The Hall–Kier alpha value is -1.59. The Bertz CT molecular complexity index is 425. The van der Waals surface area contributed by atoms with Gasteiger partial charge >= 0.3 is 0 Å². The molecule has 19 heavy (non-hydrogen) atoms. The molecule has 1 unspecified atom stereocenters. The average Bonchev–Trinajstić information content (AvgIpc) is 2.46. The summed E-state index contributed by atoms with van der Waals surface area (Å²) < 4.78 is 0. The number of phenols is 1. The Balaban J connectivity index is 1.94. The fourth-order valence-electron chi connectivity index (χ4n) is 2.30. The number of piperazine rings is 1. The Morgan fingerprint density at radius 3 is 2.37 bits per heavy atom. The molecular weight excluding hydrogens is 242 g/mol. The van der Waals surface area contributed by atoms with Crippen LogP contribution in [0.25, 0.3) is 0 Å². The highest BCUT2D eigenvalue weighted by Crippen LogP contribution is 2.14. The standard InChI is InChI=1S/C14H21N3O2/c1-11(10-15)16-6-8-17(9-7-16)14(19)12-2-4-13(18)5-3-12/h2-5,11,18H,6-10,15H2,1H3. The van der Waals surface area contributed by atoms with Gasteiger partial charge in [-0.2, -0.15) is 0 Å². The first kappa shape index (κ1) is 13.8. The Morgan fingerprint density at radius 1 is 1.26 bits per heavy atom. The Labute approximate surface area is 113 Å². The fraction of sp³-hybridized carbons (Fsp3) is 0.500. The summed E-state index contributed by atoms with van der Waals surface area (Å²) in [5.41, 5.74) is 6.28. The van der Waals surface area contributed by atoms with Crippen molar-refractivity contribution in [1.29, 1.82) is 0 Å². The second kappa shape index (κ2) is 6.04. The lowest BCUT2D eigenvalue weighted by atomic mass is 10.1. The largest absolute Gasteiger partial charge is 0.508 e. The second-order valence-corrected chi connectivity index (χ2v) is 4.96. The van der Waals surface area contributed by atoms with Gasteiger partial charge in [0.25, 0.3) is 5.91 Å². The molecule has 0 aliphatic carbocycles. The molecule has 0 saturated carbocycles. The summed E-state index contributed by atoms with van der Waals surface area (Å²) in [5.74, 6) is 0.207. The third kappa shape index (κ3) is 3.24. The van der Waals surface area contributed by atoms with Gasteiger partial charge in [-0.3, -0.25) is 9.69 Å². The van der Waals surface area contributed by atoms with Crippen LogP contribution < -0.4 is 5.73 Å². The maximum absolute atomic E-state index is 12.3. The highest BCUT2D eigenvalue weighted by atomic mass is 16.3. The molecular formula is C14H21N3O2. The zero-order chi connectivity index (χ0) is 13.8. The van der Waals surface area contributed by atoms with E-state index < -0.39 is 0 Å². The van der Waals surface area contributed by atoms with Gasteiger partial charge in [-0.15, -0.1) is 0 Å². The van der Waals surface area contributed by atoms with Crippen molar-refractivity contribution in [2.24, 2.45) is 5.73 Å². The van der Waals surface area contributed by atoms with Gasteiger partial charge in [-0.1, -0.05) is 0 Å². The molecule has 5 nitrogen and oxygen atoms in total. The van der Waals surface area contributed by atoms with Gasteiger partial charge in [-0.25, -0.2) is 0 Å². The summed E-state index contributed by atoms with van der Waals surface area (Å²) in [6.07, 6.45) is 0. The summed E-state index contributed by atoms with van der Waals surface area (Å²) in [5, 5.41) is 9.23. The molecule has 3 N–H and O–H groups in total. The van der Waals surface area contributed by atoms with E-state index in [2.05, 4.69) is 11.8 Å². The molecule has 0 bridgehead atoms. The lowest BCUT2D eigenvalue weighted by Crippen LogP contribution is -2.52. The number of rotatable bonds is 3. The molecule has 0 radical (unpaired) electrons. The zero-order valence-electron chi connectivity index (χ0n) is 11.2. The van der Waals surface area contributed by atoms with Crippen LogP contribution in [-0.2, 0) is 0 Å². The van der Waals surface area contributed by atoms with E-state index in [0.29, 0.717) is 18.2 Å². The topological polar surface area (TPSA) is 69.8 Å². The van der Waals surface area contributed by atoms with Crippen molar-refractivity contribution in [2.45, 2.75) is 13.0 Å². The van der Waals surface area contributed by atoms with Crippen LogP contribution in [0, 0.1) is 0 Å². The first-order valence-corrected chi connectivity index (χ1v) is 6.64. The summed E-state index contributed by atoms with van der Waals surface area (Å²) >= 11 is 0. The molecule has 1 aromatic carbocycles. The normalized spacial score (nSPS) is 18.3. The van der Waals surface area contributed by atoms with Gasteiger partial charge in [0.15, 0.2) is 0 Å². The van der Waals surface area contributed by atoms with Crippen LogP contribution in [0.5, 0.6) is 5.75 Å². The number of nitrogens with two attached hydrogens (primary N) is 1. The fourth-order valence-corrected chi connectivity index (χ4v) is 2.30. The summed E-state index contributed by atoms with van der Waals surface area (Å²) in [4.78, 5) is 16.4. The first-order valence-electron chi connectivity index (χ1n) is 6.64. The SMILES string of the molecule is CC(CN)N1CCN(C(=O)c2ccc(O)cc2)CC1. The van der Waals surface area contributed by atoms with Gasteiger partial charge < -0.3 is 15.7 Å². The first-order chi connectivity index (χ1) is 9.11. The van der Waals surface area contributed by atoms with Crippen LogP contribution in [0.1, 0.15) is 17.3 Å². The molecule has 0 spiro atoms. The molecule has 0 aromatic heterocycles. The molecule has 1 atom stereocenters. The van der Waals surface area contributed by atoms with Gasteiger partial charge in [0.2, 0.25) is 0 Å². The lowest BCUT2D eigenvalue weighted by molar-refractivity contribution is 0.0589. The maximum atomic E-state index is 12.3. The minimum atomic E-state index is 0.0278. The van der Waals surface area contributed by atoms with Crippen LogP contribution in [-0.4, -0.2) is 59.6 Å². The lowest BCUT2D eigenvalue weighted by Gasteiger charge is -2.37. The Morgan fingerprint density at radius 2 is 1.84 bits per heavy atom. The number of benzene rings is 1. The number of hydrogen-bond acceptors (Lipinski definition) is 4. The molecule has 1 fully saturated rings. The molecule has 2 rings (SSSR count). The van der Waals surface area contributed by atoms with Crippen molar-refractivity contribution in [2.75, 3.05) is 32.7 Å². The summed E-state index contributed by atoms with van der Waals surface area (Å²) in [6.45, 7) is 5.93. The van der Waals surface area contributed by atoms with Crippen LogP contribution in [0.15, 0.2) is 24.3 Å². The van der Waals surface area contributed by atoms with Crippen molar-refractivity contribution < 1.29 is 9.90 Å². The highest BCUT2D eigenvalue weighted by molar-refractivity contribution is 5.94. The number of carbonyl (C=O) groups excluding carboxylic acids is 1. The van der Waals surface area contributed by atoms with E-state index >= 15 is 0 Å². The number of amides is 1. The van der Waals surface area contributed by atoms with Crippen LogP contribution in [0.2, 0.25) is 0 Å². The van der Waals surface area contributed by atoms with E-state index in [0.717, 1.165) is 26.2 Å². The van der Waals surface area contributed by atoms with E-state index in [1.165, 1.54) is 0 Å². The van der Waals surface area contributed by atoms with Crippen molar-refractivity contribution in [1.82, 2.24) is 9.80 Å². The molecule has 1 aromatic rings. The maximum Gasteiger partial charge on any atom is 0.253 e. The predicted octanol–water partition coefficient (Wildman–Crippen LogP) is 0.497. The molecule has 1 amide bonds. The molecule has 5 heteroatoms. The van der Waals surface area contributed by atoms with Crippen LogP contribution in [0.3, 0.4) is 0 Å². The highest BCUT2D eigenvalue weighted by Gasteiger charge is 2.24. The quantitative estimate of drug-likeness (QED) is 0.833. The van der Waals surface area contributed by atoms with Crippen molar-refractivity contribution in [3.8, 4) is 5.75 Å². The van der Waals surface area contributed by atoms with E-state index in [1.54, 1.807) is 24.3 Å². The summed E-state index contributed by atoms with van der Waals surface area (Å²) in [7, 11) is 0. The minimum Gasteiger partial charge on any atom is -0.508 e. The second-order valence-electron chi connectivity index (χ2n) is 4.96. The van der Waals surface area contributed by atoms with Crippen molar-refractivity contribution in [3.63, 3.8) is 0 Å². The molecule has 1 heterocycles. The number of phenolic OH excluding ortho intramolecular Hbond substituents is 1. The number of aromatic hydroxyl groups is 1. The van der Waals surface area contributed by atoms with Crippen molar-refractivity contribution >= 4 is 5.91 Å². The van der Waals surface area contributed by atoms with Crippen molar-refractivity contribution in [3.05, 3.63) is 29.8 Å². The smallest absolute Gasteiger partial charge is 0.253 e. The third-order valence-corrected chi connectivity index (χ3v) is 3.68. The number of nitrogens with zero attached hydrogens (tertiary/aromatic N) is 2. The van der Waals surface area contributed by atoms with E-state index in [-0.39, 0.29) is 11.7 Å². The van der Waals surface area contributed by atoms with Gasteiger partial charge in [0.05, 0.1) is 0 Å². The van der Waals surface area contributed by atoms with Gasteiger partial charge in [-0.05, 0) is 31.2 Å². The van der Waals surface area contributed by atoms with Crippen LogP contribution >= 0.6 is 0 Å². The van der Waals surface area contributed by atoms with E-state index in [9.17, 15) is 9.90 Å². The average molecular weight is 263 g/mol. The van der Waals surface area contributed by atoms with Crippen LogP contribution in [0.4, 0.5) is 0 Å². The Kier molecular flexibility index (Phi) is 4.39. The van der Waals surface area contributed by atoms with E-state index in [1.807, 2.05) is 4.90 Å². The molecule has 104 valence electrons. The minimum absolute atomic E-state index is 0.0278. The third-order valence-electron chi connectivity index (χ3n) is 3.68. The molecule has 1 saturated heterocycles. The summed E-state index contributed by atoms with van der Waals surface area (Å²) in [6, 6.07) is 6.77. The van der Waals surface area contributed by atoms with E-state index in [4.69, 9.17) is 5.73 Å². The zero-order valence-corrected chi connectivity index (χ0v) is 11.2. The number of hydrogen-bond donors (Lipinski definition) is 2. The monoisotopic (exact) mass is 263 g/mol. The molecule has 1 aliphatic heterocycles. The predicted molar refractivity (Wildman–Crippen MR) is 74.1 cm³/mol. The van der Waals surface area contributed by atoms with Gasteiger partial charge in [0, 0.05) is 44.3 Å². The van der Waals surface area contributed by atoms with Gasteiger partial charge in [0.1, 0.15) is 5.75 Å².